The SMILES string of the molecule is Cc1c2c(cc3c1CCC1(C)C(C(C)CCC(C)C(C)C)CC(O)C31O)CCCC2. The second kappa shape index (κ2) is 7.93. The van der Waals surface area contributed by atoms with E-state index < -0.39 is 11.7 Å². The molecule has 0 aliphatic heterocycles. The van der Waals surface area contributed by atoms with Gasteiger partial charge in [0.25, 0.3) is 0 Å². The standard InChI is InChI=1S/C28H44O2/c1-17(2)18(3)11-12-19(4)24-16-26(29)28(30)25-15-21-9-7-8-10-22(21)20(5)23(25)13-14-27(24,28)6/h15,17-19,24,26,29-30H,7-14,16H2,1-6H3. The van der Waals surface area contributed by atoms with Crippen LogP contribution in [0.3, 0.4) is 0 Å². The quantitative estimate of drug-likeness (QED) is 0.613. The molecule has 0 spiro atoms. The molecule has 6 unspecified atom stereocenters. The van der Waals surface area contributed by atoms with Crippen molar-refractivity contribution in [1.82, 2.24) is 0 Å². The molecular weight excluding hydrogens is 368 g/mol. The molecule has 0 bridgehead atoms. The van der Waals surface area contributed by atoms with Gasteiger partial charge in [-0.1, -0.05) is 53.5 Å². The van der Waals surface area contributed by atoms with E-state index in [1.165, 1.54) is 54.4 Å². The molecule has 1 saturated carbocycles. The first-order valence-electron chi connectivity index (χ1n) is 12.7. The molecule has 1 fully saturated rings. The molecule has 168 valence electrons. The van der Waals surface area contributed by atoms with Crippen LogP contribution in [0.1, 0.15) is 101 Å². The van der Waals surface area contributed by atoms with Crippen LogP contribution in [0.4, 0.5) is 0 Å². The topological polar surface area (TPSA) is 40.5 Å². The Morgan fingerprint density at radius 2 is 1.73 bits per heavy atom. The van der Waals surface area contributed by atoms with Gasteiger partial charge in [-0.05, 0) is 103 Å². The number of fused-ring (bicyclic) bond motifs is 4. The van der Waals surface area contributed by atoms with Crippen LogP contribution in [-0.2, 0) is 24.9 Å². The molecule has 1 aromatic rings. The Hall–Kier alpha value is -0.860. The molecule has 6 atom stereocenters. The average Bonchev–Trinajstić information content (AvgIpc) is 2.93. The fraction of sp³-hybridized carbons (Fsp3) is 0.786. The fourth-order valence-electron chi connectivity index (χ4n) is 7.33. The summed E-state index contributed by atoms with van der Waals surface area (Å²) in [5.41, 5.74) is 5.46. The van der Waals surface area contributed by atoms with E-state index in [0.717, 1.165) is 43.1 Å². The lowest BCUT2D eigenvalue weighted by molar-refractivity contribution is -0.144. The van der Waals surface area contributed by atoms with Gasteiger partial charge in [0.1, 0.15) is 5.60 Å². The molecule has 0 saturated heterocycles. The largest absolute Gasteiger partial charge is 0.390 e. The zero-order valence-corrected chi connectivity index (χ0v) is 20.2. The molecule has 2 heteroatoms. The number of benzene rings is 1. The van der Waals surface area contributed by atoms with Crippen molar-refractivity contribution in [3.63, 3.8) is 0 Å². The molecule has 0 aromatic heterocycles. The number of hydrogen-bond donors (Lipinski definition) is 2. The number of aryl methyl sites for hydroxylation is 1. The molecule has 4 rings (SSSR count). The van der Waals surface area contributed by atoms with Gasteiger partial charge in [-0.15, -0.1) is 0 Å². The third-order valence-electron chi connectivity index (χ3n) is 9.92. The summed E-state index contributed by atoms with van der Waals surface area (Å²) in [6, 6.07) is 2.31. The predicted octanol–water partition coefficient (Wildman–Crippen LogP) is 6.10. The van der Waals surface area contributed by atoms with Crippen LogP contribution in [0, 0.1) is 36.0 Å². The minimum Gasteiger partial charge on any atom is -0.390 e. The lowest BCUT2D eigenvalue weighted by Crippen LogP contribution is -2.52. The maximum absolute atomic E-state index is 12.3. The Labute approximate surface area is 184 Å². The minimum absolute atomic E-state index is 0.241. The number of rotatable bonds is 5. The van der Waals surface area contributed by atoms with E-state index in [-0.39, 0.29) is 5.41 Å². The molecular formula is C28H44O2. The minimum atomic E-state index is -1.10. The average molecular weight is 413 g/mol. The molecule has 3 aliphatic carbocycles. The second-order valence-electron chi connectivity index (χ2n) is 11.7. The monoisotopic (exact) mass is 412 g/mol. The van der Waals surface area contributed by atoms with Crippen LogP contribution in [0.15, 0.2) is 6.07 Å². The first-order valence-corrected chi connectivity index (χ1v) is 12.7. The summed E-state index contributed by atoms with van der Waals surface area (Å²) in [6.45, 7) is 13.9. The van der Waals surface area contributed by atoms with Crippen LogP contribution >= 0.6 is 0 Å². The third kappa shape index (κ3) is 3.20. The van der Waals surface area contributed by atoms with Crippen LogP contribution in [0.2, 0.25) is 0 Å². The molecule has 30 heavy (non-hydrogen) atoms. The van der Waals surface area contributed by atoms with E-state index in [9.17, 15) is 10.2 Å². The van der Waals surface area contributed by atoms with E-state index in [4.69, 9.17) is 0 Å². The Balaban J connectivity index is 1.68. The summed E-state index contributed by atoms with van der Waals surface area (Å²) in [5.74, 6) is 2.35. The van der Waals surface area contributed by atoms with Crippen molar-refractivity contribution < 1.29 is 10.2 Å². The summed E-state index contributed by atoms with van der Waals surface area (Å²) in [6.07, 6.45) is 9.38. The zero-order valence-electron chi connectivity index (χ0n) is 20.2. The van der Waals surface area contributed by atoms with Gasteiger partial charge in [-0.2, -0.15) is 0 Å². The van der Waals surface area contributed by atoms with Gasteiger partial charge >= 0.3 is 0 Å². The second-order valence-corrected chi connectivity index (χ2v) is 11.7. The molecule has 3 aliphatic rings. The van der Waals surface area contributed by atoms with Gasteiger partial charge in [-0.25, -0.2) is 0 Å². The van der Waals surface area contributed by atoms with Crippen LogP contribution in [0.5, 0.6) is 0 Å². The van der Waals surface area contributed by atoms with Crippen molar-refractivity contribution in [2.75, 3.05) is 0 Å². The molecule has 2 N–H and O–H groups in total. The van der Waals surface area contributed by atoms with E-state index in [2.05, 4.69) is 47.6 Å². The highest BCUT2D eigenvalue weighted by atomic mass is 16.3. The maximum atomic E-state index is 12.3. The lowest BCUT2D eigenvalue weighted by Gasteiger charge is -2.50. The van der Waals surface area contributed by atoms with Crippen molar-refractivity contribution in [2.45, 2.75) is 111 Å². The molecule has 1 aromatic carbocycles. The molecule has 2 nitrogen and oxygen atoms in total. The molecule has 0 radical (unpaired) electrons. The normalized spacial score (nSPS) is 35.0. The Bertz CT molecular complexity index is 796. The first-order chi connectivity index (χ1) is 14.1. The van der Waals surface area contributed by atoms with Gasteiger partial charge in [0, 0.05) is 5.41 Å². The molecule has 0 amide bonds. The van der Waals surface area contributed by atoms with E-state index in [1.54, 1.807) is 0 Å². The van der Waals surface area contributed by atoms with E-state index in [0.29, 0.717) is 11.8 Å². The maximum Gasteiger partial charge on any atom is 0.121 e. The summed E-state index contributed by atoms with van der Waals surface area (Å²) in [5, 5.41) is 23.6. The first kappa shape index (κ1) is 22.3. The summed E-state index contributed by atoms with van der Waals surface area (Å²) in [4.78, 5) is 0. The van der Waals surface area contributed by atoms with Crippen molar-refractivity contribution in [3.8, 4) is 0 Å². The number of aliphatic hydroxyl groups excluding tert-OH is 1. The third-order valence-corrected chi connectivity index (χ3v) is 9.92. The predicted molar refractivity (Wildman–Crippen MR) is 125 cm³/mol. The highest BCUT2D eigenvalue weighted by molar-refractivity contribution is 5.52. The Morgan fingerprint density at radius 3 is 2.43 bits per heavy atom. The van der Waals surface area contributed by atoms with Crippen LogP contribution in [0.25, 0.3) is 0 Å². The van der Waals surface area contributed by atoms with Gasteiger partial charge in [0.2, 0.25) is 0 Å². The number of hydrogen-bond acceptors (Lipinski definition) is 2. The van der Waals surface area contributed by atoms with Gasteiger partial charge in [0.15, 0.2) is 0 Å². The van der Waals surface area contributed by atoms with Gasteiger partial charge in [0.05, 0.1) is 6.10 Å². The van der Waals surface area contributed by atoms with Crippen LogP contribution < -0.4 is 0 Å². The zero-order chi connectivity index (χ0) is 21.8. The Morgan fingerprint density at radius 1 is 1.03 bits per heavy atom. The van der Waals surface area contributed by atoms with Crippen molar-refractivity contribution in [3.05, 3.63) is 33.9 Å². The highest BCUT2D eigenvalue weighted by Crippen LogP contribution is 2.64. The molecule has 0 heterocycles. The van der Waals surface area contributed by atoms with Crippen molar-refractivity contribution >= 4 is 0 Å². The van der Waals surface area contributed by atoms with Crippen molar-refractivity contribution in [2.24, 2.45) is 29.1 Å². The lowest BCUT2D eigenvalue weighted by atomic mass is 9.57. The fourth-order valence-corrected chi connectivity index (χ4v) is 7.33. The Kier molecular flexibility index (Phi) is 5.90. The van der Waals surface area contributed by atoms with Crippen LogP contribution in [-0.4, -0.2) is 16.3 Å². The van der Waals surface area contributed by atoms with E-state index in [1.807, 2.05) is 0 Å². The highest BCUT2D eigenvalue weighted by Gasteiger charge is 2.65. The summed E-state index contributed by atoms with van der Waals surface area (Å²) < 4.78 is 0. The van der Waals surface area contributed by atoms with Gasteiger partial charge < -0.3 is 10.2 Å². The summed E-state index contributed by atoms with van der Waals surface area (Å²) in [7, 11) is 0. The number of aliphatic hydroxyl groups is 2. The summed E-state index contributed by atoms with van der Waals surface area (Å²) >= 11 is 0. The van der Waals surface area contributed by atoms with Crippen molar-refractivity contribution in [1.29, 1.82) is 0 Å². The smallest absolute Gasteiger partial charge is 0.121 e. The van der Waals surface area contributed by atoms with Gasteiger partial charge in [-0.3, -0.25) is 0 Å². The van der Waals surface area contributed by atoms with E-state index >= 15 is 0 Å².